The molecule has 0 saturated heterocycles. The van der Waals surface area contributed by atoms with Gasteiger partial charge in [0.1, 0.15) is 5.75 Å². The molecule has 3 aromatic rings. The number of hydrogen-bond donors (Lipinski definition) is 2. The molecule has 28 heavy (non-hydrogen) atoms. The van der Waals surface area contributed by atoms with Gasteiger partial charge in [-0.25, -0.2) is 0 Å². The van der Waals surface area contributed by atoms with E-state index in [1.807, 2.05) is 19.1 Å². The number of hydrogen-bond acceptors (Lipinski definition) is 3. The third-order valence-electron chi connectivity index (χ3n) is 4.26. The lowest BCUT2D eigenvalue weighted by atomic mass is 10.1. The van der Waals surface area contributed by atoms with Crippen molar-refractivity contribution in [2.24, 2.45) is 0 Å². The number of carbonyl (C=O) groups is 2. The summed E-state index contributed by atoms with van der Waals surface area (Å²) >= 11 is 12.0. The summed E-state index contributed by atoms with van der Waals surface area (Å²) < 4.78 is 5.90. The van der Waals surface area contributed by atoms with Gasteiger partial charge in [0.05, 0.1) is 21.8 Å². The summed E-state index contributed by atoms with van der Waals surface area (Å²) in [4.78, 5) is 25.1. The van der Waals surface area contributed by atoms with Crippen molar-refractivity contribution < 1.29 is 14.3 Å². The van der Waals surface area contributed by atoms with Gasteiger partial charge < -0.3 is 15.4 Å². The summed E-state index contributed by atoms with van der Waals surface area (Å²) in [5.74, 6) is 0.245. The number of rotatable bonds is 2. The van der Waals surface area contributed by atoms with E-state index in [9.17, 15) is 9.59 Å². The number of aryl methyl sites for hydroxylation is 1. The smallest absolute Gasteiger partial charge is 0.259 e. The second-order valence-electron chi connectivity index (χ2n) is 6.35. The second kappa shape index (κ2) is 7.19. The number of fused-ring (bicyclic) bond motifs is 2. The van der Waals surface area contributed by atoms with Crippen LogP contribution in [-0.2, 0) is 0 Å². The Balaban J connectivity index is 1.63. The molecule has 5 nitrogen and oxygen atoms in total. The Labute approximate surface area is 171 Å². The van der Waals surface area contributed by atoms with Crippen molar-refractivity contribution in [2.75, 3.05) is 10.6 Å². The van der Waals surface area contributed by atoms with Gasteiger partial charge in [0.25, 0.3) is 11.8 Å². The lowest BCUT2D eigenvalue weighted by Gasteiger charge is -2.11. The van der Waals surface area contributed by atoms with Crippen LogP contribution in [-0.4, -0.2) is 11.8 Å². The molecule has 1 heterocycles. The van der Waals surface area contributed by atoms with Gasteiger partial charge in [0.15, 0.2) is 5.75 Å². The molecule has 0 spiro atoms. The van der Waals surface area contributed by atoms with E-state index >= 15 is 0 Å². The summed E-state index contributed by atoms with van der Waals surface area (Å²) in [5.41, 5.74) is 2.64. The van der Waals surface area contributed by atoms with Gasteiger partial charge in [-0.3, -0.25) is 9.59 Å². The lowest BCUT2D eigenvalue weighted by Crippen LogP contribution is -2.14. The van der Waals surface area contributed by atoms with Crippen LogP contribution in [0.1, 0.15) is 26.3 Å². The number of amides is 2. The Morgan fingerprint density at radius 1 is 1.00 bits per heavy atom. The van der Waals surface area contributed by atoms with E-state index in [0.717, 1.165) is 5.56 Å². The largest absolute Gasteiger partial charge is 0.454 e. The first kappa shape index (κ1) is 18.3. The molecular weight excluding hydrogens is 399 g/mol. The predicted molar refractivity (Wildman–Crippen MR) is 110 cm³/mol. The molecule has 4 rings (SSSR count). The van der Waals surface area contributed by atoms with Crippen LogP contribution < -0.4 is 15.4 Å². The minimum atomic E-state index is -0.407. The van der Waals surface area contributed by atoms with Crippen molar-refractivity contribution in [1.82, 2.24) is 0 Å². The third-order valence-corrected chi connectivity index (χ3v) is 4.81. The average Bonchev–Trinajstić information content (AvgIpc) is 2.77. The van der Waals surface area contributed by atoms with Gasteiger partial charge in [-0.1, -0.05) is 29.3 Å². The lowest BCUT2D eigenvalue weighted by molar-refractivity contribution is 0.101. The number of halogens is 2. The fourth-order valence-electron chi connectivity index (χ4n) is 2.87. The molecule has 2 N–H and O–H groups in total. The van der Waals surface area contributed by atoms with E-state index in [1.165, 1.54) is 12.1 Å². The zero-order valence-corrected chi connectivity index (χ0v) is 16.2. The van der Waals surface area contributed by atoms with Crippen LogP contribution in [0.2, 0.25) is 10.0 Å². The van der Waals surface area contributed by atoms with E-state index in [1.54, 1.807) is 30.3 Å². The first-order valence-corrected chi connectivity index (χ1v) is 9.16. The summed E-state index contributed by atoms with van der Waals surface area (Å²) in [5, 5.41) is 6.24. The van der Waals surface area contributed by atoms with Crippen LogP contribution >= 0.6 is 23.2 Å². The normalized spacial score (nSPS) is 12.2. The fraction of sp³-hybridized carbons (Fsp3) is 0.0476. The highest BCUT2D eigenvalue weighted by Crippen LogP contribution is 2.37. The molecule has 0 bridgehead atoms. The Morgan fingerprint density at radius 2 is 1.82 bits per heavy atom. The van der Waals surface area contributed by atoms with Crippen LogP contribution in [0.25, 0.3) is 0 Å². The maximum atomic E-state index is 12.6. The third kappa shape index (κ3) is 3.54. The van der Waals surface area contributed by atoms with Crippen molar-refractivity contribution in [1.29, 1.82) is 0 Å². The van der Waals surface area contributed by atoms with Crippen LogP contribution in [0.5, 0.6) is 11.5 Å². The van der Waals surface area contributed by atoms with Crippen molar-refractivity contribution in [3.05, 3.63) is 81.3 Å². The second-order valence-corrected chi connectivity index (χ2v) is 7.19. The van der Waals surface area contributed by atoms with Gasteiger partial charge in [0, 0.05) is 10.7 Å². The Kier molecular flexibility index (Phi) is 4.71. The molecule has 1 aliphatic heterocycles. The van der Waals surface area contributed by atoms with E-state index in [0.29, 0.717) is 33.5 Å². The van der Waals surface area contributed by atoms with E-state index in [2.05, 4.69) is 10.6 Å². The molecule has 0 unspecified atom stereocenters. The molecule has 0 aliphatic carbocycles. The zero-order chi connectivity index (χ0) is 19.8. The Hall–Kier alpha value is -3.02. The number of carbonyl (C=O) groups excluding carboxylic acids is 2. The monoisotopic (exact) mass is 412 g/mol. The van der Waals surface area contributed by atoms with Gasteiger partial charge in [-0.15, -0.1) is 0 Å². The van der Waals surface area contributed by atoms with Crippen molar-refractivity contribution in [2.45, 2.75) is 6.92 Å². The molecule has 2 amide bonds. The molecule has 0 aromatic heterocycles. The molecular formula is C21H14Cl2N2O3. The quantitative estimate of drug-likeness (QED) is 0.549. The van der Waals surface area contributed by atoms with E-state index < -0.39 is 5.91 Å². The molecule has 3 aromatic carbocycles. The summed E-state index contributed by atoms with van der Waals surface area (Å²) in [6, 6.07) is 15.0. The zero-order valence-electron chi connectivity index (χ0n) is 14.7. The van der Waals surface area contributed by atoms with Crippen LogP contribution in [0.15, 0.2) is 54.6 Å². The van der Waals surface area contributed by atoms with Crippen molar-refractivity contribution >= 4 is 46.4 Å². The van der Waals surface area contributed by atoms with Crippen LogP contribution in [0.3, 0.4) is 0 Å². The molecule has 0 saturated carbocycles. The number of benzene rings is 3. The summed E-state index contributed by atoms with van der Waals surface area (Å²) in [6.45, 7) is 1.94. The fourth-order valence-corrected chi connectivity index (χ4v) is 3.37. The minimum Gasteiger partial charge on any atom is -0.454 e. The number of ether oxygens (including phenoxy) is 1. The van der Waals surface area contributed by atoms with E-state index in [-0.39, 0.29) is 16.5 Å². The predicted octanol–water partition coefficient (Wildman–Crippen LogP) is 5.91. The highest BCUT2D eigenvalue weighted by Gasteiger charge is 2.22. The average molecular weight is 413 g/mol. The molecule has 0 fully saturated rings. The SMILES string of the molecule is Cc1ccc2c(c1)Oc1ccc(NC(=O)c3ccc(Cl)cc3Cl)cc1C(=O)N2. The first-order valence-electron chi connectivity index (χ1n) is 8.41. The first-order chi connectivity index (χ1) is 13.4. The van der Waals surface area contributed by atoms with Crippen LogP contribution in [0.4, 0.5) is 11.4 Å². The van der Waals surface area contributed by atoms with Gasteiger partial charge >= 0.3 is 0 Å². The van der Waals surface area contributed by atoms with Crippen molar-refractivity contribution in [3.63, 3.8) is 0 Å². The maximum absolute atomic E-state index is 12.6. The highest BCUT2D eigenvalue weighted by atomic mass is 35.5. The van der Waals surface area contributed by atoms with Gasteiger partial charge in [-0.2, -0.15) is 0 Å². The minimum absolute atomic E-state index is 0.242. The van der Waals surface area contributed by atoms with Gasteiger partial charge in [-0.05, 0) is 61.0 Å². The molecule has 140 valence electrons. The Bertz CT molecular complexity index is 1130. The number of nitrogens with one attached hydrogen (secondary N) is 2. The standard InChI is InChI=1S/C21H14Cl2N2O3/c1-11-2-6-17-19(8-11)28-18-7-4-13(10-15(18)21(27)25-17)24-20(26)14-5-3-12(22)9-16(14)23/h2-10H,1H3,(H,24,26)(H,25,27). The van der Waals surface area contributed by atoms with E-state index in [4.69, 9.17) is 27.9 Å². The summed E-state index contributed by atoms with van der Waals surface area (Å²) in [6.07, 6.45) is 0. The van der Waals surface area contributed by atoms with Gasteiger partial charge in [0.2, 0.25) is 0 Å². The maximum Gasteiger partial charge on any atom is 0.259 e. The topological polar surface area (TPSA) is 67.4 Å². The summed E-state index contributed by atoms with van der Waals surface area (Å²) in [7, 11) is 0. The molecule has 0 atom stereocenters. The molecule has 0 radical (unpaired) electrons. The highest BCUT2D eigenvalue weighted by molar-refractivity contribution is 6.37. The molecule has 1 aliphatic rings. The Morgan fingerprint density at radius 3 is 2.61 bits per heavy atom. The van der Waals surface area contributed by atoms with Crippen LogP contribution in [0, 0.1) is 6.92 Å². The number of anilines is 2. The molecule has 7 heteroatoms. The van der Waals surface area contributed by atoms with Crippen molar-refractivity contribution in [3.8, 4) is 11.5 Å².